The molecule has 11 heteroatoms. The van der Waals surface area contributed by atoms with Gasteiger partial charge in [0, 0.05) is 59.2 Å². The lowest BCUT2D eigenvalue weighted by molar-refractivity contribution is 3.64. The van der Waals surface area contributed by atoms with Crippen molar-refractivity contribution < 1.29 is 0 Å². The normalized spacial score (nSPS) is 9.82. The third-order valence-electron chi connectivity index (χ3n) is 1.21. The molecule has 0 amide bonds. The molecule has 36 valence electrons. The molecule has 1 atom stereocenters. The highest BCUT2D eigenvalue weighted by molar-refractivity contribution is 8.26. The van der Waals surface area contributed by atoms with Crippen LogP contribution in [0.1, 0.15) is 0 Å². The summed E-state index contributed by atoms with van der Waals surface area (Å²) in [6.45, 7) is 0. The summed E-state index contributed by atoms with van der Waals surface area (Å²) in [5.41, 5.74) is 0. The molecule has 0 aliphatic heterocycles. The molecule has 0 aromatic heterocycles. The maximum Gasteiger partial charge on any atom is 0.0602 e. The van der Waals surface area contributed by atoms with E-state index in [1.54, 1.807) is 0 Å². The van der Waals surface area contributed by atoms with Crippen LogP contribution in [-0.2, 0) is 0 Å². The monoisotopic (exact) mass is 142 g/mol. The van der Waals surface area contributed by atoms with Gasteiger partial charge in [0.2, 0.25) is 0 Å². The molecule has 0 N–H and O–H groups in total. The highest BCUT2D eigenvalue weighted by Crippen LogP contribution is 2.16. The van der Waals surface area contributed by atoms with Crippen molar-refractivity contribution >= 4 is 80.0 Å². The van der Waals surface area contributed by atoms with Gasteiger partial charge in [-0.25, -0.2) is 8.34 Å². The molecule has 0 saturated carbocycles. The van der Waals surface area contributed by atoms with Crippen molar-refractivity contribution in [3.8, 4) is 0 Å². The van der Waals surface area contributed by atoms with E-state index in [1.807, 2.05) is 0 Å². The second kappa shape index (κ2) is 5.68. The summed E-state index contributed by atoms with van der Waals surface area (Å²) in [6.07, 6.45) is -1.75. The Morgan fingerprint density at radius 3 is 1.18 bits per heavy atom. The Bertz CT molecular complexity index is 87.0. The van der Waals surface area contributed by atoms with E-state index in [1.165, 1.54) is 0 Å². The van der Waals surface area contributed by atoms with Crippen LogP contribution < -0.4 is 0 Å². The van der Waals surface area contributed by atoms with E-state index in [4.69, 9.17) is 46.4 Å². The minimum absolute atomic E-state index is 0.196. The maximum absolute atomic E-state index is 5.40. The largest absolute Gasteiger partial charge is 0.222 e. The van der Waals surface area contributed by atoms with Crippen molar-refractivity contribution in [3.05, 3.63) is 0 Å². The van der Waals surface area contributed by atoms with Gasteiger partial charge in [0.25, 0.3) is 0 Å². The van der Waals surface area contributed by atoms with Crippen LogP contribution in [-0.4, -0.2) is 71.6 Å². The van der Waals surface area contributed by atoms with E-state index in [0.717, 1.165) is 0 Å². The molecular weight excluding hydrogens is 139 g/mol. The minimum atomic E-state index is -0.553. The summed E-state index contributed by atoms with van der Waals surface area (Å²) in [5, 5.41) is 0. The van der Waals surface area contributed by atoms with Crippen LogP contribution in [0.25, 0.3) is 0 Å². The van der Waals surface area contributed by atoms with Crippen LogP contribution >= 0.6 is 8.34 Å². The van der Waals surface area contributed by atoms with Crippen molar-refractivity contribution in [3.63, 3.8) is 0 Å². The first-order chi connectivity index (χ1) is 4.95. The van der Waals surface area contributed by atoms with Crippen molar-refractivity contribution in [2.45, 2.75) is 0 Å². The van der Waals surface area contributed by atoms with Gasteiger partial charge in [0.05, 0.1) is 12.4 Å². The Labute approximate surface area is 80.3 Å². The van der Waals surface area contributed by atoms with Crippen LogP contribution in [0.4, 0.5) is 0 Å². The molecular formula is HB10P. The Hall–Kier alpha value is 1.08. The van der Waals surface area contributed by atoms with Gasteiger partial charge in [0.15, 0.2) is 0 Å². The fourth-order valence-corrected chi connectivity index (χ4v) is 1.59. The van der Waals surface area contributed by atoms with Gasteiger partial charge in [-0.1, -0.05) is 0 Å². The Morgan fingerprint density at radius 1 is 0.727 bits per heavy atom. The Kier molecular flexibility index (Phi) is 6.24. The third kappa shape index (κ3) is 5.34. The van der Waals surface area contributed by atoms with Crippen molar-refractivity contribution in [1.29, 1.82) is 0 Å². The zero-order valence-electron chi connectivity index (χ0n) is 6.27. The van der Waals surface area contributed by atoms with Crippen molar-refractivity contribution in [1.82, 2.24) is 0 Å². The summed E-state index contributed by atoms with van der Waals surface area (Å²) >= 11 is 0. The standard InChI is InChI=1S/B10HP/c1-7(2)10(8(3)4)11-9(5)6/h11H. The molecule has 12 radical (unpaired) electrons. The van der Waals surface area contributed by atoms with Crippen molar-refractivity contribution in [2.24, 2.45) is 0 Å². The lowest BCUT2D eigenvalue weighted by atomic mass is 8.80. The molecule has 11 heavy (non-hydrogen) atoms. The Morgan fingerprint density at radius 2 is 1.09 bits per heavy atom. The molecule has 0 aliphatic carbocycles. The third-order valence-corrected chi connectivity index (χ3v) is 2.75. The topological polar surface area (TPSA) is 0 Å². The van der Waals surface area contributed by atoms with Crippen LogP contribution in [0.5, 0.6) is 0 Å². The highest BCUT2D eigenvalue weighted by atomic mass is 31.1. The van der Waals surface area contributed by atoms with Gasteiger partial charge in [-0.05, 0) is 0 Å². The van der Waals surface area contributed by atoms with E-state index in [2.05, 4.69) is 0 Å². The molecule has 0 nitrogen and oxygen atoms in total. The second-order valence-corrected chi connectivity index (χ2v) is 4.04. The average Bonchev–Trinajstić information content (AvgIpc) is 1.81. The summed E-state index contributed by atoms with van der Waals surface area (Å²) in [6, 6.07) is 0. The molecule has 0 aromatic rings. The Balaban J connectivity index is 3.90. The van der Waals surface area contributed by atoms with E-state index in [9.17, 15) is 0 Å². The van der Waals surface area contributed by atoms with Gasteiger partial charge in [-0.15, -0.1) is 0 Å². The van der Waals surface area contributed by atoms with Crippen LogP contribution in [0, 0.1) is 0 Å². The van der Waals surface area contributed by atoms with Crippen LogP contribution in [0.2, 0.25) is 0 Å². The van der Waals surface area contributed by atoms with Gasteiger partial charge in [-0.2, -0.15) is 0 Å². The molecule has 0 aliphatic rings. The van der Waals surface area contributed by atoms with Crippen LogP contribution in [0.15, 0.2) is 0 Å². The van der Waals surface area contributed by atoms with Crippen LogP contribution in [0.3, 0.4) is 0 Å². The lowest BCUT2D eigenvalue weighted by Crippen LogP contribution is -2.49. The predicted octanol–water partition coefficient (Wildman–Crippen LogP) is -3.21. The molecule has 0 saturated heterocycles. The molecule has 0 heterocycles. The number of hydrogen-bond acceptors (Lipinski definition) is 0. The lowest BCUT2D eigenvalue weighted by Gasteiger charge is -2.22. The fraction of sp³-hybridized carbons (Fsp3) is 0. The van der Waals surface area contributed by atoms with Gasteiger partial charge in [-0.3, -0.25) is 0 Å². The molecule has 0 rings (SSSR count). The summed E-state index contributed by atoms with van der Waals surface area (Å²) in [7, 11) is 32.5. The molecule has 0 fully saturated rings. The second-order valence-electron chi connectivity index (χ2n) is 2.37. The molecule has 0 aromatic carbocycles. The zero-order chi connectivity index (χ0) is 9.02. The smallest absolute Gasteiger partial charge is 0.0602 e. The van der Waals surface area contributed by atoms with E-state index in [0.29, 0.717) is 0 Å². The number of rotatable bonds is 4. The molecule has 0 bridgehead atoms. The quantitative estimate of drug-likeness (QED) is 0.285. The zero-order valence-corrected chi connectivity index (χ0v) is 7.27. The summed E-state index contributed by atoms with van der Waals surface area (Å²) in [4.78, 5) is 0. The first-order valence-electron chi connectivity index (χ1n) is 3.24. The van der Waals surface area contributed by atoms with Crippen molar-refractivity contribution in [2.75, 3.05) is 0 Å². The highest BCUT2D eigenvalue weighted by Gasteiger charge is 2.22. The predicted molar refractivity (Wildman–Crippen MR) is 65.9 cm³/mol. The first-order valence-corrected chi connectivity index (χ1v) is 4.40. The number of hydrogen-bond donors (Lipinski definition) is 0. The summed E-state index contributed by atoms with van der Waals surface area (Å²) in [5.74, 6) is 0. The molecule has 1 unspecified atom stereocenters. The summed E-state index contributed by atoms with van der Waals surface area (Å²) < 4.78 is 0. The average molecular weight is 140 g/mol. The fourth-order valence-electron chi connectivity index (χ4n) is 0.701. The van der Waals surface area contributed by atoms with E-state index >= 15 is 0 Å². The van der Waals surface area contributed by atoms with Gasteiger partial charge >= 0.3 is 0 Å². The maximum atomic E-state index is 5.40. The minimum Gasteiger partial charge on any atom is -0.222 e. The van der Waals surface area contributed by atoms with E-state index in [-0.39, 0.29) is 14.6 Å². The SMILES string of the molecule is [B]B([B])PB(B([B])[B])B([B])[B]. The van der Waals surface area contributed by atoms with Gasteiger partial charge < -0.3 is 0 Å². The van der Waals surface area contributed by atoms with Gasteiger partial charge in [0.1, 0.15) is 0 Å². The molecule has 0 spiro atoms. The first kappa shape index (κ1) is 12.1. The van der Waals surface area contributed by atoms with E-state index < -0.39 is 19.0 Å².